The van der Waals surface area contributed by atoms with Crippen molar-refractivity contribution in [3.05, 3.63) is 28.2 Å². The first-order valence-electron chi connectivity index (χ1n) is 7.57. The molecule has 4 rings (SSSR count). The van der Waals surface area contributed by atoms with Gasteiger partial charge in [0.1, 0.15) is 10.7 Å². The lowest BCUT2D eigenvalue weighted by Crippen LogP contribution is -2.31. The summed E-state index contributed by atoms with van der Waals surface area (Å²) in [6, 6.07) is 0. The number of aromatic nitrogens is 4. The molecule has 8 heteroatoms. The van der Waals surface area contributed by atoms with E-state index in [4.69, 9.17) is 9.84 Å². The van der Waals surface area contributed by atoms with Gasteiger partial charge in [-0.1, -0.05) is 0 Å². The summed E-state index contributed by atoms with van der Waals surface area (Å²) in [5.41, 5.74) is 1.71. The van der Waals surface area contributed by atoms with Gasteiger partial charge in [0.2, 0.25) is 0 Å². The van der Waals surface area contributed by atoms with Gasteiger partial charge in [0, 0.05) is 17.4 Å². The van der Waals surface area contributed by atoms with Crippen LogP contribution >= 0.6 is 11.3 Å². The average Bonchev–Trinajstić information content (AvgIpc) is 3.05. The molecule has 0 bridgehead atoms. The quantitative estimate of drug-likeness (QED) is 0.719. The number of ether oxygens (including phenoxy) is 1. The minimum atomic E-state index is -1.03. The van der Waals surface area contributed by atoms with E-state index in [-0.39, 0.29) is 5.60 Å². The topological polar surface area (TPSA) is 89.6 Å². The van der Waals surface area contributed by atoms with Gasteiger partial charge in [0.05, 0.1) is 17.6 Å². The van der Waals surface area contributed by atoms with Gasteiger partial charge in [-0.15, -0.1) is 16.4 Å². The van der Waals surface area contributed by atoms with Crippen LogP contribution in [0.15, 0.2) is 6.08 Å². The molecule has 0 saturated heterocycles. The largest absolute Gasteiger partial charge is 0.478 e. The monoisotopic (exact) mass is 344 g/mol. The molecule has 0 radical (unpaired) electrons. The van der Waals surface area contributed by atoms with Crippen molar-refractivity contribution in [2.24, 2.45) is 0 Å². The zero-order valence-corrected chi connectivity index (χ0v) is 14.3. The molecule has 0 fully saturated rings. The molecule has 124 valence electrons. The molecule has 0 unspecified atom stereocenters. The third-order valence-electron chi connectivity index (χ3n) is 4.06. The molecule has 1 aliphatic heterocycles. The molecule has 0 saturated carbocycles. The van der Waals surface area contributed by atoms with Gasteiger partial charge in [0.15, 0.2) is 11.5 Å². The summed E-state index contributed by atoms with van der Waals surface area (Å²) >= 11 is 1.63. The van der Waals surface area contributed by atoms with E-state index in [9.17, 15) is 4.79 Å². The Kier molecular flexibility index (Phi) is 3.23. The predicted molar refractivity (Wildman–Crippen MR) is 90.1 cm³/mol. The maximum Gasteiger partial charge on any atom is 0.328 e. The fraction of sp³-hybridized carbons (Fsp3) is 0.375. The van der Waals surface area contributed by atoms with Gasteiger partial charge in [0.25, 0.3) is 0 Å². The van der Waals surface area contributed by atoms with Crippen LogP contribution in [-0.2, 0) is 22.6 Å². The maximum atomic E-state index is 10.7. The van der Waals surface area contributed by atoms with Gasteiger partial charge >= 0.3 is 5.97 Å². The number of fused-ring (bicyclic) bond motifs is 5. The number of thiophene rings is 1. The van der Waals surface area contributed by atoms with E-state index in [1.54, 1.807) is 15.9 Å². The second-order valence-corrected chi connectivity index (χ2v) is 7.53. The molecule has 1 aliphatic rings. The van der Waals surface area contributed by atoms with Crippen molar-refractivity contribution in [3.8, 4) is 0 Å². The molecule has 3 aromatic rings. The molecule has 1 N–H and O–H groups in total. The third kappa shape index (κ3) is 2.38. The fourth-order valence-electron chi connectivity index (χ4n) is 2.97. The van der Waals surface area contributed by atoms with E-state index >= 15 is 0 Å². The van der Waals surface area contributed by atoms with Gasteiger partial charge in [-0.2, -0.15) is 4.52 Å². The molecule has 0 spiro atoms. The summed E-state index contributed by atoms with van der Waals surface area (Å²) < 4.78 is 7.58. The number of nitrogens with zero attached hydrogens (tertiary/aromatic N) is 4. The van der Waals surface area contributed by atoms with E-state index in [1.165, 1.54) is 16.5 Å². The standard InChI is InChI=1S/C16H16N4O3S/c1-8-17-15-13(9-6-16(2,3)23-7-10(9)24-15)14-18-11(19-20(8)14)4-5-12(21)22/h4-5H,6-7H2,1-3H3,(H,21,22)/b5-4+. The minimum Gasteiger partial charge on any atom is -0.478 e. The van der Waals surface area contributed by atoms with Crippen molar-refractivity contribution in [2.45, 2.75) is 39.4 Å². The number of hydrogen-bond donors (Lipinski definition) is 1. The summed E-state index contributed by atoms with van der Waals surface area (Å²) in [5.74, 6) is 0.0560. The summed E-state index contributed by atoms with van der Waals surface area (Å²) in [7, 11) is 0. The van der Waals surface area contributed by atoms with Gasteiger partial charge in [-0.3, -0.25) is 0 Å². The number of carboxylic acids is 1. The summed E-state index contributed by atoms with van der Waals surface area (Å²) in [6.45, 7) is 6.59. The van der Waals surface area contributed by atoms with E-state index in [0.29, 0.717) is 12.4 Å². The van der Waals surface area contributed by atoms with Crippen LogP contribution in [0.1, 0.15) is 35.9 Å². The van der Waals surface area contributed by atoms with Crippen molar-refractivity contribution in [3.63, 3.8) is 0 Å². The highest BCUT2D eigenvalue weighted by molar-refractivity contribution is 7.19. The summed E-state index contributed by atoms with van der Waals surface area (Å²) in [4.78, 5) is 22.0. The molecule has 7 nitrogen and oxygen atoms in total. The average molecular weight is 344 g/mol. The highest BCUT2D eigenvalue weighted by Gasteiger charge is 2.31. The Morgan fingerprint density at radius 2 is 2.21 bits per heavy atom. The van der Waals surface area contributed by atoms with Crippen molar-refractivity contribution < 1.29 is 14.6 Å². The zero-order chi connectivity index (χ0) is 17.1. The van der Waals surface area contributed by atoms with Gasteiger partial charge < -0.3 is 9.84 Å². The Morgan fingerprint density at radius 3 is 2.96 bits per heavy atom. The molecule has 0 aromatic carbocycles. The van der Waals surface area contributed by atoms with Crippen molar-refractivity contribution in [1.29, 1.82) is 0 Å². The van der Waals surface area contributed by atoms with Crippen LogP contribution < -0.4 is 0 Å². The first-order valence-corrected chi connectivity index (χ1v) is 8.38. The lowest BCUT2D eigenvalue weighted by atomic mass is 9.94. The van der Waals surface area contributed by atoms with E-state index in [1.807, 2.05) is 6.92 Å². The smallest absolute Gasteiger partial charge is 0.328 e. The third-order valence-corrected chi connectivity index (χ3v) is 5.16. The maximum absolute atomic E-state index is 10.7. The van der Waals surface area contributed by atoms with E-state index in [2.05, 4.69) is 28.9 Å². The summed E-state index contributed by atoms with van der Waals surface area (Å²) in [6.07, 6.45) is 3.22. The number of rotatable bonds is 2. The number of carbonyl (C=O) groups is 1. The highest BCUT2D eigenvalue weighted by atomic mass is 32.1. The lowest BCUT2D eigenvalue weighted by molar-refractivity contribution is -0.131. The van der Waals surface area contributed by atoms with Crippen LogP contribution in [0.3, 0.4) is 0 Å². The Morgan fingerprint density at radius 1 is 1.42 bits per heavy atom. The molecule has 24 heavy (non-hydrogen) atoms. The van der Waals surface area contributed by atoms with Crippen molar-refractivity contribution in [2.75, 3.05) is 0 Å². The van der Waals surface area contributed by atoms with Crippen LogP contribution in [0.4, 0.5) is 0 Å². The highest BCUT2D eigenvalue weighted by Crippen LogP contribution is 2.39. The molecular weight excluding hydrogens is 328 g/mol. The molecule has 3 aromatic heterocycles. The SMILES string of the molecule is Cc1nc2sc3c(c2c2nc(/C=C/C(=O)O)nn12)CC(C)(C)OC3. The van der Waals surface area contributed by atoms with E-state index < -0.39 is 5.97 Å². The van der Waals surface area contributed by atoms with Crippen LogP contribution in [0.25, 0.3) is 21.9 Å². The number of aryl methyl sites for hydroxylation is 1. The fourth-order valence-corrected chi connectivity index (χ4v) is 4.12. The van der Waals surface area contributed by atoms with Crippen LogP contribution in [0, 0.1) is 6.92 Å². The van der Waals surface area contributed by atoms with Crippen molar-refractivity contribution in [1.82, 2.24) is 19.6 Å². The Hall–Kier alpha value is -2.32. The Labute approximate surface area is 141 Å². The molecule has 0 aliphatic carbocycles. The second kappa shape index (κ2) is 5.09. The van der Waals surface area contributed by atoms with Crippen molar-refractivity contribution >= 4 is 39.2 Å². The van der Waals surface area contributed by atoms with Gasteiger partial charge in [-0.25, -0.2) is 14.8 Å². The summed E-state index contributed by atoms with van der Waals surface area (Å²) in [5, 5.41) is 14.1. The predicted octanol–water partition coefficient (Wildman–Crippen LogP) is 2.60. The molecular formula is C16H16N4O3S. The molecule has 0 atom stereocenters. The molecule has 0 amide bonds. The zero-order valence-electron chi connectivity index (χ0n) is 13.5. The lowest BCUT2D eigenvalue weighted by Gasteiger charge is -2.30. The van der Waals surface area contributed by atoms with E-state index in [0.717, 1.165) is 34.2 Å². The number of hydrogen-bond acceptors (Lipinski definition) is 6. The molecule has 4 heterocycles. The second-order valence-electron chi connectivity index (χ2n) is 6.45. The first-order chi connectivity index (χ1) is 11.3. The normalized spacial score (nSPS) is 17.0. The van der Waals surface area contributed by atoms with Crippen LogP contribution in [-0.4, -0.2) is 36.3 Å². The minimum absolute atomic E-state index is 0.227. The van der Waals surface area contributed by atoms with Crippen LogP contribution in [0.5, 0.6) is 0 Å². The first kappa shape index (κ1) is 15.2. The number of carboxylic acid groups (broad SMARTS) is 1. The van der Waals surface area contributed by atoms with Crippen LogP contribution in [0.2, 0.25) is 0 Å². The Balaban J connectivity index is 1.99. The number of aliphatic carboxylic acids is 1. The Bertz CT molecular complexity index is 1020. The van der Waals surface area contributed by atoms with Gasteiger partial charge in [-0.05, 0) is 32.4 Å².